The molecule has 0 radical (unpaired) electrons. The van der Waals surface area contributed by atoms with E-state index in [1.54, 1.807) is 6.07 Å². The molecule has 0 aromatic heterocycles. The predicted octanol–water partition coefficient (Wildman–Crippen LogP) is 2.16. The van der Waals surface area contributed by atoms with Crippen LogP contribution in [0.2, 0.25) is 0 Å². The fraction of sp³-hybridized carbons (Fsp3) is 0.423. The zero-order valence-corrected chi connectivity index (χ0v) is 19.3. The van der Waals surface area contributed by atoms with Crippen molar-refractivity contribution in [2.45, 2.75) is 43.7 Å². The molecule has 2 aromatic carbocycles. The molecule has 0 saturated carbocycles. The van der Waals surface area contributed by atoms with Crippen molar-refractivity contribution >= 4 is 17.7 Å². The Morgan fingerprint density at radius 2 is 1.97 bits per heavy atom. The largest absolute Gasteiger partial charge is 0.496 e. The number of nitrogens with one attached hydrogen (secondary N) is 2. The Morgan fingerprint density at radius 3 is 2.68 bits per heavy atom. The number of hydrogen-bond acceptors (Lipinski definition) is 6. The van der Waals surface area contributed by atoms with E-state index in [9.17, 15) is 14.4 Å². The summed E-state index contributed by atoms with van der Waals surface area (Å²) in [5.41, 5.74) is 2.57. The molecule has 34 heavy (non-hydrogen) atoms. The Kier molecular flexibility index (Phi) is 6.00. The molecule has 0 unspecified atom stereocenters. The summed E-state index contributed by atoms with van der Waals surface area (Å²) in [6, 6.07) is 13.4. The summed E-state index contributed by atoms with van der Waals surface area (Å²) in [5, 5.41) is 5.04. The number of rotatable bonds is 5. The van der Waals surface area contributed by atoms with Crippen molar-refractivity contribution in [1.82, 2.24) is 15.5 Å². The molecule has 3 amide bonds. The topological polar surface area (TPSA) is 97.0 Å². The first-order chi connectivity index (χ1) is 16.5. The minimum atomic E-state index is -0.741. The highest BCUT2D eigenvalue weighted by atomic mass is 16.5. The third-order valence-electron chi connectivity index (χ3n) is 7.23. The van der Waals surface area contributed by atoms with Crippen LogP contribution in [0.5, 0.6) is 11.5 Å². The third-order valence-corrected chi connectivity index (χ3v) is 7.23. The zero-order chi connectivity index (χ0) is 23.7. The molecular weight excluding hydrogens is 434 g/mol. The summed E-state index contributed by atoms with van der Waals surface area (Å²) >= 11 is 0. The predicted molar refractivity (Wildman–Crippen MR) is 125 cm³/mol. The summed E-state index contributed by atoms with van der Waals surface area (Å²) in [6.07, 6.45) is 2.36. The van der Waals surface area contributed by atoms with Gasteiger partial charge >= 0.3 is 0 Å². The first kappa shape index (κ1) is 22.4. The van der Waals surface area contributed by atoms with Gasteiger partial charge in [-0.1, -0.05) is 30.3 Å². The van der Waals surface area contributed by atoms with Crippen LogP contribution in [0.3, 0.4) is 0 Å². The maximum atomic E-state index is 13.1. The number of amides is 3. The van der Waals surface area contributed by atoms with Crippen molar-refractivity contribution in [2.24, 2.45) is 0 Å². The number of hydrogen-bond donors (Lipinski definition) is 2. The summed E-state index contributed by atoms with van der Waals surface area (Å²) in [6.45, 7) is 3.40. The number of carbonyl (C=O) groups excluding carboxylic acids is 3. The van der Waals surface area contributed by atoms with Crippen molar-refractivity contribution < 1.29 is 23.9 Å². The Morgan fingerprint density at radius 1 is 1.21 bits per heavy atom. The quantitative estimate of drug-likeness (QED) is 0.660. The van der Waals surface area contributed by atoms with Crippen LogP contribution >= 0.6 is 0 Å². The van der Waals surface area contributed by atoms with Gasteiger partial charge in [0.1, 0.15) is 17.5 Å². The van der Waals surface area contributed by atoms with Crippen molar-refractivity contribution in [3.63, 3.8) is 0 Å². The van der Waals surface area contributed by atoms with Gasteiger partial charge in [-0.15, -0.1) is 0 Å². The van der Waals surface area contributed by atoms with E-state index in [1.807, 2.05) is 12.1 Å². The zero-order valence-electron chi connectivity index (χ0n) is 19.3. The van der Waals surface area contributed by atoms with E-state index in [0.717, 1.165) is 43.8 Å². The highest BCUT2D eigenvalue weighted by molar-refractivity contribution is 6.04. The first-order valence-corrected chi connectivity index (χ1v) is 11.7. The number of piperidine rings is 2. The van der Waals surface area contributed by atoms with E-state index in [2.05, 4.69) is 39.8 Å². The van der Waals surface area contributed by atoms with E-state index in [1.165, 1.54) is 12.7 Å². The lowest BCUT2D eigenvalue weighted by atomic mass is 9.74. The van der Waals surface area contributed by atoms with Crippen molar-refractivity contribution in [3.8, 4) is 11.5 Å². The number of benzene rings is 2. The molecule has 1 atom stereocenters. The summed E-state index contributed by atoms with van der Waals surface area (Å²) in [5.74, 6) is -0.0237. The summed E-state index contributed by atoms with van der Waals surface area (Å²) < 4.78 is 11.5. The van der Waals surface area contributed by atoms with Gasteiger partial charge in [-0.3, -0.25) is 24.6 Å². The van der Waals surface area contributed by atoms with Crippen molar-refractivity contribution in [1.29, 1.82) is 0 Å². The van der Waals surface area contributed by atoms with Gasteiger partial charge in [0.2, 0.25) is 11.8 Å². The molecule has 3 aliphatic rings. The van der Waals surface area contributed by atoms with Crippen LogP contribution in [0.1, 0.15) is 47.2 Å². The van der Waals surface area contributed by atoms with Crippen LogP contribution in [0, 0.1) is 0 Å². The minimum absolute atomic E-state index is 0.140. The number of ether oxygens (including phenoxy) is 2. The molecule has 0 aliphatic carbocycles. The van der Waals surface area contributed by atoms with E-state index >= 15 is 0 Å². The van der Waals surface area contributed by atoms with Crippen LogP contribution in [0.25, 0.3) is 0 Å². The third kappa shape index (κ3) is 4.25. The van der Waals surface area contributed by atoms with Gasteiger partial charge in [-0.05, 0) is 44.0 Å². The molecule has 2 fully saturated rings. The number of imide groups is 1. The number of carbonyl (C=O) groups is 3. The second kappa shape index (κ2) is 9.10. The fourth-order valence-electron chi connectivity index (χ4n) is 5.20. The van der Waals surface area contributed by atoms with E-state index < -0.39 is 17.9 Å². The van der Waals surface area contributed by atoms with E-state index in [4.69, 9.17) is 9.47 Å². The molecule has 3 aliphatic heterocycles. The molecule has 8 heteroatoms. The molecule has 2 aromatic rings. The minimum Gasteiger partial charge on any atom is -0.496 e. The molecule has 0 bridgehead atoms. The van der Waals surface area contributed by atoms with Crippen LogP contribution in [0.4, 0.5) is 0 Å². The highest BCUT2D eigenvalue weighted by Crippen LogP contribution is 2.48. The highest BCUT2D eigenvalue weighted by Gasteiger charge is 2.44. The van der Waals surface area contributed by atoms with Crippen LogP contribution < -0.4 is 20.1 Å². The average Bonchev–Trinajstić information content (AvgIpc) is 3.19. The smallest absolute Gasteiger partial charge is 0.255 e. The van der Waals surface area contributed by atoms with Crippen LogP contribution in [-0.2, 0) is 21.5 Å². The number of likely N-dealkylation sites (tertiary alicyclic amines) is 1. The van der Waals surface area contributed by atoms with Gasteiger partial charge in [-0.2, -0.15) is 0 Å². The lowest BCUT2D eigenvalue weighted by Gasteiger charge is -2.38. The molecule has 178 valence electrons. The van der Waals surface area contributed by atoms with Crippen molar-refractivity contribution in [2.75, 3.05) is 26.8 Å². The van der Waals surface area contributed by atoms with Crippen molar-refractivity contribution in [3.05, 3.63) is 59.2 Å². The molecule has 2 N–H and O–H groups in total. The fourth-order valence-corrected chi connectivity index (χ4v) is 5.20. The van der Waals surface area contributed by atoms with E-state index in [0.29, 0.717) is 17.9 Å². The van der Waals surface area contributed by atoms with Gasteiger partial charge in [-0.25, -0.2) is 0 Å². The monoisotopic (exact) mass is 463 g/mol. The average molecular weight is 464 g/mol. The first-order valence-electron chi connectivity index (χ1n) is 11.7. The summed E-state index contributed by atoms with van der Waals surface area (Å²) in [4.78, 5) is 39.1. The lowest BCUT2D eigenvalue weighted by molar-refractivity contribution is -0.134. The number of nitrogens with zero attached hydrogens (tertiary/aromatic N) is 1. The number of fused-ring (bicyclic) bond motifs is 2. The van der Waals surface area contributed by atoms with Gasteiger partial charge < -0.3 is 14.8 Å². The SMILES string of the molecule is COc1cc2c(cc1C(=O)N[C@H]1CCC(=O)NC1=O)C1(CCN(Cc3ccccc3)CC1)CO2. The molecule has 1 spiro atoms. The Bertz CT molecular complexity index is 1110. The molecule has 3 heterocycles. The van der Waals surface area contributed by atoms with Gasteiger partial charge in [0.15, 0.2) is 0 Å². The maximum absolute atomic E-state index is 13.1. The van der Waals surface area contributed by atoms with Crippen LogP contribution in [-0.4, -0.2) is 55.5 Å². The Labute approximate surface area is 198 Å². The number of methoxy groups -OCH3 is 1. The summed E-state index contributed by atoms with van der Waals surface area (Å²) in [7, 11) is 1.51. The molecule has 8 nitrogen and oxygen atoms in total. The second-order valence-corrected chi connectivity index (χ2v) is 9.36. The molecule has 2 saturated heterocycles. The lowest BCUT2D eigenvalue weighted by Crippen LogP contribution is -2.52. The van der Waals surface area contributed by atoms with Gasteiger partial charge in [0, 0.05) is 30.0 Å². The maximum Gasteiger partial charge on any atom is 0.255 e. The standard InChI is InChI=1S/C26H29N3O5/c1-33-21-14-22-19(13-18(21)24(31)27-20-7-8-23(30)28-25(20)32)26(16-34-22)9-11-29(12-10-26)15-17-5-3-2-4-6-17/h2-6,13-14,20H,7-12,15-16H2,1H3,(H,27,31)(H,28,30,32)/t20-/m0/s1. The molecule has 5 rings (SSSR count). The molecular formula is C26H29N3O5. The van der Waals surface area contributed by atoms with Crippen LogP contribution in [0.15, 0.2) is 42.5 Å². The normalized spacial score (nSPS) is 21.5. The second-order valence-electron chi connectivity index (χ2n) is 9.36. The van der Waals surface area contributed by atoms with Gasteiger partial charge in [0.25, 0.3) is 5.91 Å². The Hall–Kier alpha value is -3.39. The van der Waals surface area contributed by atoms with Gasteiger partial charge in [0.05, 0.1) is 19.3 Å². The Balaban J connectivity index is 1.33. The van der Waals surface area contributed by atoms with E-state index in [-0.39, 0.29) is 24.2 Å².